The Morgan fingerprint density at radius 3 is 2.75 bits per heavy atom. The summed E-state index contributed by atoms with van der Waals surface area (Å²) in [5.41, 5.74) is -0.541. The van der Waals surface area contributed by atoms with Crippen molar-refractivity contribution in [3.63, 3.8) is 0 Å². The molecule has 0 aromatic carbocycles. The first-order chi connectivity index (χ1) is 9.54. The minimum Gasteiger partial charge on any atom is -0.468 e. The van der Waals surface area contributed by atoms with Crippen molar-refractivity contribution in [1.29, 1.82) is 0 Å². The highest BCUT2D eigenvalue weighted by molar-refractivity contribution is 6.19. The molecule has 20 heavy (non-hydrogen) atoms. The molecule has 1 aliphatic rings. The van der Waals surface area contributed by atoms with Crippen molar-refractivity contribution in [3.05, 3.63) is 24.2 Å². The maximum absolute atomic E-state index is 12.1. The third-order valence-electron chi connectivity index (χ3n) is 3.86. The first-order valence-electron chi connectivity index (χ1n) is 7.16. The van der Waals surface area contributed by atoms with E-state index in [9.17, 15) is 4.79 Å². The molecule has 4 nitrogen and oxygen atoms in total. The minimum absolute atomic E-state index is 0.0109. The zero-order valence-electron chi connectivity index (χ0n) is 12.2. The normalized spacial score (nSPS) is 18.1. The SMILES string of the molecule is CC(C)(CCl)C(=O)NCC(c1ccco1)N1CCCC1. The number of amides is 1. The van der Waals surface area contributed by atoms with Crippen LogP contribution in [0.5, 0.6) is 0 Å². The molecule has 1 fully saturated rings. The highest BCUT2D eigenvalue weighted by atomic mass is 35.5. The molecule has 0 radical (unpaired) electrons. The van der Waals surface area contributed by atoms with Gasteiger partial charge in [0.1, 0.15) is 5.76 Å². The molecule has 1 aromatic heterocycles. The van der Waals surface area contributed by atoms with Gasteiger partial charge in [-0.2, -0.15) is 0 Å². The fourth-order valence-corrected chi connectivity index (χ4v) is 2.55. The Kier molecular flexibility index (Phi) is 5.11. The summed E-state index contributed by atoms with van der Waals surface area (Å²) in [6, 6.07) is 3.98. The number of carbonyl (C=O) groups excluding carboxylic acids is 1. The van der Waals surface area contributed by atoms with Gasteiger partial charge in [-0.05, 0) is 51.9 Å². The zero-order valence-corrected chi connectivity index (χ0v) is 12.9. The van der Waals surface area contributed by atoms with Crippen LogP contribution in [-0.2, 0) is 4.79 Å². The maximum atomic E-state index is 12.1. The molecule has 1 N–H and O–H groups in total. The molecule has 0 saturated carbocycles. The van der Waals surface area contributed by atoms with E-state index in [-0.39, 0.29) is 11.9 Å². The fourth-order valence-electron chi connectivity index (χ4n) is 2.43. The van der Waals surface area contributed by atoms with Crippen LogP contribution in [0.4, 0.5) is 0 Å². The number of furan rings is 1. The van der Waals surface area contributed by atoms with Gasteiger partial charge in [0.25, 0.3) is 0 Å². The number of hydrogen-bond donors (Lipinski definition) is 1. The van der Waals surface area contributed by atoms with Crippen molar-refractivity contribution in [2.45, 2.75) is 32.7 Å². The molecule has 1 aliphatic heterocycles. The highest BCUT2D eigenvalue weighted by Gasteiger charge is 2.30. The van der Waals surface area contributed by atoms with E-state index in [4.69, 9.17) is 16.0 Å². The van der Waals surface area contributed by atoms with E-state index in [0.29, 0.717) is 12.4 Å². The van der Waals surface area contributed by atoms with Crippen molar-refractivity contribution in [2.24, 2.45) is 5.41 Å². The monoisotopic (exact) mass is 298 g/mol. The number of likely N-dealkylation sites (tertiary alicyclic amines) is 1. The summed E-state index contributed by atoms with van der Waals surface area (Å²) < 4.78 is 5.53. The molecule has 1 aromatic rings. The second-order valence-corrected chi connectivity index (χ2v) is 6.27. The van der Waals surface area contributed by atoms with E-state index in [1.54, 1.807) is 6.26 Å². The second-order valence-electron chi connectivity index (χ2n) is 6.00. The van der Waals surface area contributed by atoms with Gasteiger partial charge in [0.15, 0.2) is 0 Å². The van der Waals surface area contributed by atoms with E-state index in [1.807, 2.05) is 26.0 Å². The summed E-state index contributed by atoms with van der Waals surface area (Å²) in [5, 5.41) is 3.01. The summed E-state index contributed by atoms with van der Waals surface area (Å²) in [5.74, 6) is 1.22. The number of nitrogens with zero attached hydrogens (tertiary/aromatic N) is 1. The van der Waals surface area contributed by atoms with Gasteiger partial charge >= 0.3 is 0 Å². The molecule has 1 amide bonds. The Labute approximate surface area is 125 Å². The summed E-state index contributed by atoms with van der Waals surface area (Å²) >= 11 is 5.84. The molecule has 0 spiro atoms. The lowest BCUT2D eigenvalue weighted by atomic mass is 9.95. The second kappa shape index (κ2) is 6.64. The third kappa shape index (κ3) is 3.55. The van der Waals surface area contributed by atoms with Gasteiger partial charge in [-0.3, -0.25) is 9.69 Å². The van der Waals surface area contributed by atoms with Gasteiger partial charge in [-0.1, -0.05) is 0 Å². The van der Waals surface area contributed by atoms with Crippen molar-refractivity contribution in [3.8, 4) is 0 Å². The van der Waals surface area contributed by atoms with E-state index >= 15 is 0 Å². The van der Waals surface area contributed by atoms with Crippen LogP contribution in [0.1, 0.15) is 38.5 Å². The molecule has 1 atom stereocenters. The van der Waals surface area contributed by atoms with Crippen molar-refractivity contribution < 1.29 is 9.21 Å². The smallest absolute Gasteiger partial charge is 0.226 e. The van der Waals surface area contributed by atoms with Crippen LogP contribution in [0.3, 0.4) is 0 Å². The number of rotatable bonds is 6. The molecular weight excluding hydrogens is 276 g/mol. The van der Waals surface area contributed by atoms with Crippen LogP contribution >= 0.6 is 11.6 Å². The molecule has 2 heterocycles. The van der Waals surface area contributed by atoms with Crippen LogP contribution < -0.4 is 5.32 Å². The van der Waals surface area contributed by atoms with Crippen molar-refractivity contribution in [2.75, 3.05) is 25.5 Å². The first-order valence-corrected chi connectivity index (χ1v) is 7.70. The molecule has 112 valence electrons. The topological polar surface area (TPSA) is 45.5 Å². The lowest BCUT2D eigenvalue weighted by molar-refractivity contribution is -0.128. The molecule has 2 rings (SSSR count). The van der Waals surface area contributed by atoms with Gasteiger partial charge in [-0.25, -0.2) is 0 Å². The van der Waals surface area contributed by atoms with Gasteiger partial charge in [0, 0.05) is 12.4 Å². The van der Waals surface area contributed by atoms with Crippen LogP contribution in [0.25, 0.3) is 0 Å². The minimum atomic E-state index is -0.541. The Balaban J connectivity index is 2.00. The Morgan fingerprint density at radius 2 is 2.20 bits per heavy atom. The van der Waals surface area contributed by atoms with E-state index in [1.165, 1.54) is 12.8 Å². The average molecular weight is 299 g/mol. The van der Waals surface area contributed by atoms with Crippen LogP contribution in [0.2, 0.25) is 0 Å². The standard InChI is InChI=1S/C15H23ClN2O2/c1-15(2,11-16)14(19)17-10-12(13-6-5-9-20-13)18-7-3-4-8-18/h5-6,9,12H,3-4,7-8,10-11H2,1-2H3,(H,17,19). The number of hydrogen-bond acceptors (Lipinski definition) is 3. The summed E-state index contributed by atoms with van der Waals surface area (Å²) in [6.07, 6.45) is 4.10. The van der Waals surface area contributed by atoms with Crippen LogP contribution in [0.15, 0.2) is 22.8 Å². The Morgan fingerprint density at radius 1 is 1.50 bits per heavy atom. The maximum Gasteiger partial charge on any atom is 0.226 e. The molecule has 5 heteroatoms. The predicted octanol–water partition coefficient (Wildman–Crippen LogP) is 2.80. The highest BCUT2D eigenvalue weighted by Crippen LogP contribution is 2.25. The summed E-state index contributed by atoms with van der Waals surface area (Å²) in [7, 11) is 0. The largest absolute Gasteiger partial charge is 0.468 e. The van der Waals surface area contributed by atoms with Crippen molar-refractivity contribution >= 4 is 17.5 Å². The van der Waals surface area contributed by atoms with Gasteiger partial charge in [-0.15, -0.1) is 11.6 Å². The third-order valence-corrected chi connectivity index (χ3v) is 4.53. The van der Waals surface area contributed by atoms with Crippen LogP contribution in [0, 0.1) is 5.41 Å². The molecule has 1 saturated heterocycles. The predicted molar refractivity (Wildman–Crippen MR) is 79.8 cm³/mol. The van der Waals surface area contributed by atoms with E-state index in [0.717, 1.165) is 18.8 Å². The summed E-state index contributed by atoms with van der Waals surface area (Å²) in [4.78, 5) is 14.5. The van der Waals surface area contributed by atoms with E-state index in [2.05, 4.69) is 10.2 Å². The quantitative estimate of drug-likeness (QED) is 0.822. The molecule has 1 unspecified atom stereocenters. The molecular formula is C15H23ClN2O2. The summed E-state index contributed by atoms with van der Waals surface area (Å²) in [6.45, 7) is 6.38. The Bertz CT molecular complexity index is 425. The lowest BCUT2D eigenvalue weighted by Crippen LogP contribution is -2.43. The fraction of sp³-hybridized carbons (Fsp3) is 0.667. The molecule has 0 bridgehead atoms. The van der Waals surface area contributed by atoms with E-state index < -0.39 is 5.41 Å². The number of alkyl halides is 1. The van der Waals surface area contributed by atoms with Crippen LogP contribution in [-0.4, -0.2) is 36.3 Å². The first kappa shape index (κ1) is 15.4. The lowest BCUT2D eigenvalue weighted by Gasteiger charge is -2.28. The zero-order chi connectivity index (χ0) is 14.6. The molecule has 0 aliphatic carbocycles. The Hall–Kier alpha value is -1.00. The van der Waals surface area contributed by atoms with Crippen molar-refractivity contribution in [1.82, 2.24) is 10.2 Å². The van der Waals surface area contributed by atoms with Gasteiger partial charge in [0.2, 0.25) is 5.91 Å². The number of carbonyl (C=O) groups is 1. The average Bonchev–Trinajstić information content (AvgIpc) is 3.12. The number of halogens is 1. The van der Waals surface area contributed by atoms with Gasteiger partial charge < -0.3 is 9.73 Å². The number of nitrogens with one attached hydrogen (secondary N) is 1. The van der Waals surface area contributed by atoms with Gasteiger partial charge in [0.05, 0.1) is 17.7 Å².